The van der Waals surface area contributed by atoms with Gasteiger partial charge in [-0.05, 0) is 36.6 Å². The monoisotopic (exact) mass is 542 g/mol. The Morgan fingerprint density at radius 2 is 1.70 bits per heavy atom. The third-order valence-electron chi connectivity index (χ3n) is 5.42. The van der Waals surface area contributed by atoms with E-state index < -0.39 is 18.0 Å². The number of aryl methyl sites for hydroxylation is 1. The van der Waals surface area contributed by atoms with Gasteiger partial charge >= 0.3 is 12.1 Å². The van der Waals surface area contributed by atoms with Crippen LogP contribution in [0.5, 0.6) is 0 Å². The molecule has 0 spiro atoms. The van der Waals surface area contributed by atoms with Gasteiger partial charge < -0.3 is 20.1 Å². The van der Waals surface area contributed by atoms with E-state index in [1.54, 1.807) is 37.3 Å². The average molecular weight is 543 g/mol. The number of amides is 2. The molecule has 37 heavy (non-hydrogen) atoms. The zero-order chi connectivity index (χ0) is 26.8. The molecule has 0 aliphatic rings. The number of carbonyl (C=O) groups is 4. The molecule has 0 radical (unpaired) electrons. The van der Waals surface area contributed by atoms with Crippen molar-refractivity contribution < 1.29 is 28.7 Å². The number of anilines is 1. The summed E-state index contributed by atoms with van der Waals surface area (Å²) >= 11 is 7.41. The Bertz CT molecular complexity index is 1260. The molecule has 0 bridgehead atoms. The first kappa shape index (κ1) is 27.9. The van der Waals surface area contributed by atoms with Crippen LogP contribution in [0.2, 0.25) is 5.02 Å². The highest BCUT2D eigenvalue weighted by Gasteiger charge is 2.25. The molecule has 0 saturated carbocycles. The summed E-state index contributed by atoms with van der Waals surface area (Å²) in [6.07, 6.45) is 0.0113. The molecule has 194 valence electrons. The van der Waals surface area contributed by atoms with Crippen molar-refractivity contribution in [3.05, 3.63) is 87.3 Å². The van der Waals surface area contributed by atoms with Crippen LogP contribution in [-0.4, -0.2) is 36.9 Å². The number of methoxy groups -OCH3 is 1. The molecular weight excluding hydrogens is 516 g/mol. The molecule has 1 aromatic heterocycles. The van der Waals surface area contributed by atoms with Crippen molar-refractivity contribution in [2.75, 3.05) is 12.4 Å². The molecule has 2 amide bonds. The lowest BCUT2D eigenvalue weighted by Gasteiger charge is -2.17. The summed E-state index contributed by atoms with van der Waals surface area (Å²) in [5, 5.41) is 5.91. The van der Waals surface area contributed by atoms with Gasteiger partial charge in [-0.15, -0.1) is 11.3 Å². The van der Waals surface area contributed by atoms with Gasteiger partial charge in [-0.25, -0.2) is 4.79 Å². The molecule has 1 atom stereocenters. The van der Waals surface area contributed by atoms with Gasteiger partial charge in [-0.3, -0.25) is 14.4 Å². The van der Waals surface area contributed by atoms with Gasteiger partial charge in [-0.1, -0.05) is 61.0 Å². The molecule has 1 heterocycles. The second-order valence-corrected chi connectivity index (χ2v) is 9.54. The smallest absolute Gasteiger partial charge is 0.408 e. The maximum absolute atomic E-state index is 13.3. The van der Waals surface area contributed by atoms with Crippen molar-refractivity contribution in [1.29, 1.82) is 0 Å². The summed E-state index contributed by atoms with van der Waals surface area (Å²) in [5.41, 5.74) is 1.34. The van der Waals surface area contributed by atoms with Gasteiger partial charge in [0.05, 0.1) is 24.1 Å². The van der Waals surface area contributed by atoms with Crippen LogP contribution in [0.15, 0.2) is 60.7 Å². The van der Waals surface area contributed by atoms with Gasteiger partial charge in [0.2, 0.25) is 5.91 Å². The minimum absolute atomic E-state index is 0.0652. The first-order chi connectivity index (χ1) is 17.8. The Morgan fingerprint density at radius 1 is 1.00 bits per heavy atom. The van der Waals surface area contributed by atoms with Crippen molar-refractivity contribution in [3.8, 4) is 0 Å². The van der Waals surface area contributed by atoms with Gasteiger partial charge in [0.15, 0.2) is 5.78 Å². The Hall–Kier alpha value is -3.69. The summed E-state index contributed by atoms with van der Waals surface area (Å²) in [6, 6.07) is 16.5. The fraction of sp³-hybridized carbons (Fsp3) is 0.259. The van der Waals surface area contributed by atoms with Crippen molar-refractivity contribution >= 4 is 51.7 Å². The average Bonchev–Trinajstić information content (AvgIpc) is 3.31. The van der Waals surface area contributed by atoms with Gasteiger partial charge in [-0.2, -0.15) is 0 Å². The highest BCUT2D eigenvalue weighted by Crippen LogP contribution is 2.32. The topological polar surface area (TPSA) is 111 Å². The fourth-order valence-corrected chi connectivity index (χ4v) is 4.68. The van der Waals surface area contributed by atoms with Crippen molar-refractivity contribution in [3.63, 3.8) is 0 Å². The molecule has 8 nitrogen and oxygen atoms in total. The highest BCUT2D eigenvalue weighted by molar-refractivity contribution is 7.16. The summed E-state index contributed by atoms with van der Waals surface area (Å²) in [7, 11) is 1.30. The SMILES string of the molecule is CCC(NC(=O)OCc1ccccc1)C(=O)Nc1sc(CCC(=O)OC)cc1C(=O)c1ccccc1Cl. The molecule has 0 aliphatic carbocycles. The number of carbonyl (C=O) groups excluding carboxylic acids is 4. The largest absolute Gasteiger partial charge is 0.469 e. The van der Waals surface area contributed by atoms with Crippen LogP contribution < -0.4 is 10.6 Å². The predicted octanol–water partition coefficient (Wildman–Crippen LogP) is 5.38. The molecule has 2 aromatic carbocycles. The number of hydrogen-bond acceptors (Lipinski definition) is 7. The standard InChI is InChI=1S/C27H27ClN2O6S/c1-3-22(29-27(34)36-16-17-9-5-4-6-10-17)25(33)30-26-20(15-18(37-26)13-14-23(31)35-2)24(32)19-11-7-8-12-21(19)28/h4-12,15,22H,3,13-14,16H2,1-2H3,(H,29,34)(H,30,33). The predicted molar refractivity (Wildman–Crippen MR) is 142 cm³/mol. The number of rotatable bonds is 11. The van der Waals surface area contributed by atoms with Crippen LogP contribution in [0, 0.1) is 0 Å². The lowest BCUT2D eigenvalue weighted by Crippen LogP contribution is -2.43. The zero-order valence-electron chi connectivity index (χ0n) is 20.4. The normalized spacial score (nSPS) is 11.3. The number of nitrogens with one attached hydrogen (secondary N) is 2. The lowest BCUT2D eigenvalue weighted by atomic mass is 10.0. The maximum Gasteiger partial charge on any atom is 0.408 e. The summed E-state index contributed by atoms with van der Waals surface area (Å²) in [5.74, 6) is -1.26. The highest BCUT2D eigenvalue weighted by atomic mass is 35.5. The third-order valence-corrected chi connectivity index (χ3v) is 6.86. The molecule has 0 aliphatic heterocycles. The molecule has 3 rings (SSSR count). The molecule has 10 heteroatoms. The summed E-state index contributed by atoms with van der Waals surface area (Å²) in [6.45, 7) is 1.81. The van der Waals surface area contributed by atoms with E-state index in [0.717, 1.165) is 5.56 Å². The number of benzene rings is 2. The van der Waals surface area contributed by atoms with Crippen LogP contribution in [0.25, 0.3) is 0 Å². The Morgan fingerprint density at radius 3 is 2.38 bits per heavy atom. The number of ketones is 1. The lowest BCUT2D eigenvalue weighted by molar-refractivity contribution is -0.140. The maximum atomic E-state index is 13.3. The Kier molecular flexibility index (Phi) is 10.2. The molecule has 0 saturated heterocycles. The van der Waals surface area contributed by atoms with Crippen LogP contribution in [0.4, 0.5) is 9.80 Å². The molecule has 1 unspecified atom stereocenters. The molecule has 0 fully saturated rings. The molecule has 3 aromatic rings. The van der Waals surface area contributed by atoms with Crippen LogP contribution in [-0.2, 0) is 32.1 Å². The van der Waals surface area contributed by atoms with Crippen LogP contribution in [0.3, 0.4) is 0 Å². The van der Waals surface area contributed by atoms with Crippen LogP contribution in [0.1, 0.15) is 46.1 Å². The van der Waals surface area contributed by atoms with Crippen molar-refractivity contribution in [2.45, 2.75) is 38.8 Å². The minimum atomic E-state index is -0.896. The van der Waals surface area contributed by atoms with Gasteiger partial charge in [0.1, 0.15) is 17.6 Å². The first-order valence-corrected chi connectivity index (χ1v) is 12.8. The molecule has 2 N–H and O–H groups in total. The summed E-state index contributed by atoms with van der Waals surface area (Å²) in [4.78, 5) is 51.0. The van der Waals surface area contributed by atoms with E-state index in [0.29, 0.717) is 22.7 Å². The molecular formula is C27H27ClN2O6S. The van der Waals surface area contributed by atoms with Crippen LogP contribution >= 0.6 is 22.9 Å². The van der Waals surface area contributed by atoms with Gasteiger partial charge in [0, 0.05) is 10.4 Å². The van der Waals surface area contributed by atoms with E-state index in [4.69, 9.17) is 21.1 Å². The number of esters is 1. The minimum Gasteiger partial charge on any atom is -0.469 e. The second-order valence-electron chi connectivity index (χ2n) is 8.00. The third kappa shape index (κ3) is 7.90. The van der Waals surface area contributed by atoms with Crippen molar-refractivity contribution in [2.24, 2.45) is 0 Å². The Balaban J connectivity index is 1.75. The number of ether oxygens (including phenoxy) is 2. The van der Waals surface area contributed by atoms with E-state index in [2.05, 4.69) is 10.6 Å². The zero-order valence-corrected chi connectivity index (χ0v) is 22.0. The van der Waals surface area contributed by atoms with E-state index >= 15 is 0 Å². The second kappa shape index (κ2) is 13.6. The quantitative estimate of drug-likeness (QED) is 0.248. The van der Waals surface area contributed by atoms with Gasteiger partial charge in [0.25, 0.3) is 0 Å². The number of alkyl carbamates (subject to hydrolysis) is 1. The van der Waals surface area contributed by atoms with Crippen molar-refractivity contribution in [1.82, 2.24) is 5.32 Å². The van der Waals surface area contributed by atoms with E-state index in [1.165, 1.54) is 18.4 Å². The number of halogens is 1. The number of hydrogen-bond donors (Lipinski definition) is 2. The Labute approximate surface area is 223 Å². The fourth-order valence-electron chi connectivity index (χ4n) is 3.40. The number of thiophene rings is 1. The van der Waals surface area contributed by atoms with E-state index in [9.17, 15) is 19.2 Å². The summed E-state index contributed by atoms with van der Waals surface area (Å²) < 4.78 is 9.92. The van der Waals surface area contributed by atoms with E-state index in [1.807, 2.05) is 30.3 Å². The first-order valence-electron chi connectivity index (χ1n) is 11.6. The van der Waals surface area contributed by atoms with E-state index in [-0.39, 0.29) is 40.9 Å².